The van der Waals surface area contributed by atoms with Gasteiger partial charge in [-0.05, 0) is 30.5 Å². The van der Waals surface area contributed by atoms with Crippen molar-refractivity contribution < 1.29 is 19.1 Å². The SMILES string of the molecule is CCC(C=O)(CCC=O)c1ccc(OC)c(OC)c1. The number of benzene rings is 1. The Morgan fingerprint density at radius 2 is 1.84 bits per heavy atom. The second-order valence-electron chi connectivity index (χ2n) is 4.40. The molecule has 1 atom stereocenters. The molecule has 0 bridgehead atoms. The third kappa shape index (κ3) is 3.13. The molecular formula is C15H20O4. The van der Waals surface area contributed by atoms with Gasteiger partial charge in [-0.2, -0.15) is 0 Å². The minimum absolute atomic E-state index is 0.362. The third-order valence-electron chi connectivity index (χ3n) is 3.52. The highest BCUT2D eigenvalue weighted by molar-refractivity contribution is 5.70. The van der Waals surface area contributed by atoms with Gasteiger partial charge in [0.15, 0.2) is 11.5 Å². The molecule has 1 aromatic carbocycles. The topological polar surface area (TPSA) is 52.6 Å². The first-order chi connectivity index (χ1) is 9.17. The Hall–Kier alpha value is -1.84. The van der Waals surface area contributed by atoms with Crippen LogP contribution in [-0.2, 0) is 15.0 Å². The average molecular weight is 264 g/mol. The van der Waals surface area contributed by atoms with Crippen LogP contribution in [0.15, 0.2) is 18.2 Å². The van der Waals surface area contributed by atoms with Crippen molar-refractivity contribution in [2.75, 3.05) is 14.2 Å². The average Bonchev–Trinajstić information content (AvgIpc) is 2.48. The lowest BCUT2D eigenvalue weighted by molar-refractivity contribution is -0.113. The van der Waals surface area contributed by atoms with Crippen molar-refractivity contribution in [1.29, 1.82) is 0 Å². The van der Waals surface area contributed by atoms with E-state index in [-0.39, 0.29) is 0 Å². The molecule has 1 rings (SSSR count). The summed E-state index contributed by atoms with van der Waals surface area (Å²) in [5, 5.41) is 0. The van der Waals surface area contributed by atoms with Crippen molar-refractivity contribution in [2.24, 2.45) is 0 Å². The van der Waals surface area contributed by atoms with Crippen molar-refractivity contribution >= 4 is 12.6 Å². The maximum absolute atomic E-state index is 11.5. The van der Waals surface area contributed by atoms with Crippen LogP contribution in [0.4, 0.5) is 0 Å². The molecule has 1 unspecified atom stereocenters. The minimum Gasteiger partial charge on any atom is -0.493 e. The van der Waals surface area contributed by atoms with Crippen LogP contribution in [0.2, 0.25) is 0 Å². The van der Waals surface area contributed by atoms with E-state index in [1.807, 2.05) is 19.1 Å². The normalized spacial score (nSPS) is 13.4. The van der Waals surface area contributed by atoms with Gasteiger partial charge in [0.05, 0.1) is 19.6 Å². The molecule has 0 heterocycles. The molecule has 1 aromatic rings. The van der Waals surface area contributed by atoms with Gasteiger partial charge in [0.25, 0.3) is 0 Å². The molecule has 0 radical (unpaired) electrons. The van der Waals surface area contributed by atoms with E-state index in [0.717, 1.165) is 18.1 Å². The Kier molecular flexibility index (Phi) is 5.55. The molecule has 0 spiro atoms. The molecule has 4 nitrogen and oxygen atoms in total. The van der Waals surface area contributed by atoms with Gasteiger partial charge < -0.3 is 19.1 Å². The zero-order chi connectivity index (χ0) is 14.3. The fraction of sp³-hybridized carbons (Fsp3) is 0.467. The first kappa shape index (κ1) is 15.2. The van der Waals surface area contributed by atoms with Crippen LogP contribution < -0.4 is 9.47 Å². The highest BCUT2D eigenvalue weighted by atomic mass is 16.5. The molecule has 0 aliphatic carbocycles. The third-order valence-corrected chi connectivity index (χ3v) is 3.52. The molecule has 0 aromatic heterocycles. The summed E-state index contributed by atoms with van der Waals surface area (Å²) in [6.07, 6.45) is 3.28. The number of hydrogen-bond acceptors (Lipinski definition) is 4. The predicted octanol–water partition coefficient (Wildman–Crippen LogP) is 2.53. The number of rotatable bonds is 8. The van der Waals surface area contributed by atoms with Crippen LogP contribution >= 0.6 is 0 Å². The Morgan fingerprint density at radius 1 is 1.16 bits per heavy atom. The molecule has 0 saturated carbocycles. The van der Waals surface area contributed by atoms with Gasteiger partial charge >= 0.3 is 0 Å². The maximum Gasteiger partial charge on any atom is 0.161 e. The van der Waals surface area contributed by atoms with Gasteiger partial charge in [0.2, 0.25) is 0 Å². The summed E-state index contributed by atoms with van der Waals surface area (Å²) < 4.78 is 10.4. The molecule has 4 heteroatoms. The van der Waals surface area contributed by atoms with Crippen molar-refractivity contribution in [2.45, 2.75) is 31.6 Å². The standard InChI is InChI=1S/C15H20O4/c1-4-15(11-17,8-5-9-16)12-6-7-13(18-2)14(10-12)19-3/h6-7,9-11H,4-5,8H2,1-3H3. The van der Waals surface area contributed by atoms with Gasteiger partial charge in [0, 0.05) is 6.42 Å². The van der Waals surface area contributed by atoms with Crippen LogP contribution in [0.3, 0.4) is 0 Å². The minimum atomic E-state index is -0.638. The Morgan fingerprint density at radius 3 is 2.32 bits per heavy atom. The van der Waals surface area contributed by atoms with Crippen LogP contribution in [0.1, 0.15) is 31.7 Å². The largest absolute Gasteiger partial charge is 0.493 e. The molecule has 104 valence electrons. The molecule has 0 N–H and O–H groups in total. The van der Waals surface area contributed by atoms with Crippen molar-refractivity contribution in [3.05, 3.63) is 23.8 Å². The number of carbonyl (C=O) groups is 2. The molecule has 0 amide bonds. The Labute approximate surface area is 113 Å². The van der Waals surface area contributed by atoms with Crippen LogP contribution in [-0.4, -0.2) is 26.8 Å². The van der Waals surface area contributed by atoms with Gasteiger partial charge in [-0.15, -0.1) is 0 Å². The number of carbonyl (C=O) groups excluding carboxylic acids is 2. The van der Waals surface area contributed by atoms with Crippen LogP contribution in [0.25, 0.3) is 0 Å². The van der Waals surface area contributed by atoms with E-state index in [4.69, 9.17) is 9.47 Å². The Bertz CT molecular complexity index is 442. The fourth-order valence-electron chi connectivity index (χ4n) is 2.20. The van der Waals surface area contributed by atoms with E-state index in [1.165, 1.54) is 0 Å². The number of methoxy groups -OCH3 is 2. The van der Waals surface area contributed by atoms with E-state index in [0.29, 0.717) is 30.8 Å². The quantitative estimate of drug-likeness (QED) is 0.677. The summed E-state index contributed by atoms with van der Waals surface area (Å²) in [5.41, 5.74) is 0.213. The summed E-state index contributed by atoms with van der Waals surface area (Å²) >= 11 is 0. The maximum atomic E-state index is 11.5. The summed E-state index contributed by atoms with van der Waals surface area (Å²) in [5.74, 6) is 1.21. The van der Waals surface area contributed by atoms with Crippen LogP contribution in [0, 0.1) is 0 Å². The first-order valence-electron chi connectivity index (χ1n) is 6.30. The van der Waals surface area contributed by atoms with E-state index in [2.05, 4.69) is 0 Å². The van der Waals surface area contributed by atoms with Gasteiger partial charge in [-0.3, -0.25) is 0 Å². The van der Waals surface area contributed by atoms with Gasteiger partial charge in [0.1, 0.15) is 12.6 Å². The lowest BCUT2D eigenvalue weighted by Gasteiger charge is -2.27. The van der Waals surface area contributed by atoms with E-state index < -0.39 is 5.41 Å². The fourth-order valence-corrected chi connectivity index (χ4v) is 2.20. The lowest BCUT2D eigenvalue weighted by Crippen LogP contribution is -2.27. The highest BCUT2D eigenvalue weighted by Gasteiger charge is 2.30. The van der Waals surface area contributed by atoms with Gasteiger partial charge in [-0.25, -0.2) is 0 Å². The summed E-state index contributed by atoms with van der Waals surface area (Å²) in [6, 6.07) is 5.44. The van der Waals surface area contributed by atoms with Crippen molar-refractivity contribution in [3.63, 3.8) is 0 Å². The summed E-state index contributed by atoms with van der Waals surface area (Å²) in [6.45, 7) is 1.94. The molecule has 0 saturated heterocycles. The highest BCUT2D eigenvalue weighted by Crippen LogP contribution is 2.36. The zero-order valence-corrected chi connectivity index (χ0v) is 11.6. The van der Waals surface area contributed by atoms with Crippen LogP contribution in [0.5, 0.6) is 11.5 Å². The molecule has 19 heavy (non-hydrogen) atoms. The van der Waals surface area contributed by atoms with E-state index >= 15 is 0 Å². The molecular weight excluding hydrogens is 244 g/mol. The van der Waals surface area contributed by atoms with Gasteiger partial charge in [-0.1, -0.05) is 13.0 Å². The number of hydrogen-bond donors (Lipinski definition) is 0. The second kappa shape index (κ2) is 6.92. The number of ether oxygens (including phenoxy) is 2. The second-order valence-corrected chi connectivity index (χ2v) is 4.40. The predicted molar refractivity (Wildman–Crippen MR) is 72.9 cm³/mol. The van der Waals surface area contributed by atoms with E-state index in [9.17, 15) is 9.59 Å². The Balaban J connectivity index is 3.22. The molecule has 0 fully saturated rings. The zero-order valence-electron chi connectivity index (χ0n) is 11.6. The van der Waals surface area contributed by atoms with Crippen molar-refractivity contribution in [3.8, 4) is 11.5 Å². The van der Waals surface area contributed by atoms with E-state index in [1.54, 1.807) is 20.3 Å². The molecule has 0 aliphatic rings. The molecule has 0 aliphatic heterocycles. The lowest BCUT2D eigenvalue weighted by atomic mass is 9.76. The monoisotopic (exact) mass is 264 g/mol. The number of aldehydes is 2. The summed E-state index contributed by atoms with van der Waals surface area (Å²) in [7, 11) is 3.12. The summed E-state index contributed by atoms with van der Waals surface area (Å²) in [4.78, 5) is 22.1. The van der Waals surface area contributed by atoms with Crippen molar-refractivity contribution in [1.82, 2.24) is 0 Å². The first-order valence-corrected chi connectivity index (χ1v) is 6.30. The smallest absolute Gasteiger partial charge is 0.161 e.